The molecule has 5 heterocycles. The van der Waals surface area contributed by atoms with Crippen molar-refractivity contribution in [3.63, 3.8) is 0 Å². The highest BCUT2D eigenvalue weighted by atomic mass is 16.7. The van der Waals surface area contributed by atoms with Gasteiger partial charge in [-0.1, -0.05) is 52.8 Å². The lowest BCUT2D eigenvalue weighted by molar-refractivity contribution is -0.268. The number of Topliss-reactive ketones (excluding diaryl/α,β-unsaturated/α-hetero) is 1. The van der Waals surface area contributed by atoms with Crippen LogP contribution in [-0.4, -0.2) is 135 Å². The second-order valence-electron chi connectivity index (χ2n) is 20.4. The van der Waals surface area contributed by atoms with Gasteiger partial charge in [0.25, 0.3) is 11.7 Å². The van der Waals surface area contributed by atoms with Gasteiger partial charge in [-0.2, -0.15) is 0 Å². The van der Waals surface area contributed by atoms with Crippen LogP contribution >= 0.6 is 0 Å². The summed E-state index contributed by atoms with van der Waals surface area (Å²) in [6, 6.07) is 0. The molecule has 9 atom stereocenters. The number of anilines is 1. The predicted molar refractivity (Wildman–Crippen MR) is 256 cm³/mol. The molecule has 2 aromatic carbocycles. The van der Waals surface area contributed by atoms with Crippen molar-refractivity contribution < 1.29 is 58.9 Å². The lowest BCUT2D eigenvalue weighted by atomic mass is 9.83. The van der Waals surface area contributed by atoms with Crippen molar-refractivity contribution in [3.05, 3.63) is 58.0 Å². The first-order valence-electron chi connectivity index (χ1n) is 23.9. The third-order valence-electron chi connectivity index (χ3n) is 14.0. The van der Waals surface area contributed by atoms with Gasteiger partial charge in [0.1, 0.15) is 35.1 Å². The number of phenols is 2. The van der Waals surface area contributed by atoms with E-state index >= 15 is 0 Å². The number of allylic oxidation sites excluding steroid dienone is 3. The Morgan fingerprint density at radius 1 is 1.03 bits per heavy atom. The highest BCUT2D eigenvalue weighted by molar-refractivity contribution is 6.19. The lowest BCUT2D eigenvalue weighted by Gasteiger charge is -2.40. The number of likely N-dealkylation sites (tertiary alicyclic amines) is 1. The molecule has 0 radical (unpaired) electrons. The average molecular weight is 948 g/mol. The largest absolute Gasteiger partial charge is 0.507 e. The van der Waals surface area contributed by atoms with E-state index in [9.17, 15) is 39.9 Å². The summed E-state index contributed by atoms with van der Waals surface area (Å²) in [5.41, 5.74) is -0.592. The van der Waals surface area contributed by atoms with E-state index in [1.807, 2.05) is 25.9 Å². The molecule has 0 aliphatic carbocycles. The van der Waals surface area contributed by atoms with Crippen LogP contribution in [0.4, 0.5) is 5.69 Å². The van der Waals surface area contributed by atoms with Crippen molar-refractivity contribution in [2.24, 2.45) is 39.6 Å². The summed E-state index contributed by atoms with van der Waals surface area (Å²) in [6.07, 6.45) is 6.03. The van der Waals surface area contributed by atoms with Gasteiger partial charge < -0.3 is 59.6 Å². The molecule has 5 aliphatic rings. The molecule has 1 spiro atoms. The topological polar surface area (TPSA) is 233 Å². The van der Waals surface area contributed by atoms with Crippen LogP contribution in [-0.2, 0) is 23.8 Å². The maximum Gasteiger partial charge on any atom is 0.314 e. The molecule has 0 aromatic heterocycles. The summed E-state index contributed by atoms with van der Waals surface area (Å²) in [6.45, 7) is 20.0. The Balaban J connectivity index is 1.43. The van der Waals surface area contributed by atoms with E-state index in [0.717, 1.165) is 6.54 Å². The van der Waals surface area contributed by atoms with Crippen LogP contribution in [0.25, 0.3) is 10.8 Å². The second-order valence-corrected chi connectivity index (χ2v) is 20.4. The molecular formula is C51H73N5O12. The van der Waals surface area contributed by atoms with Crippen molar-refractivity contribution in [1.82, 2.24) is 9.80 Å². The van der Waals surface area contributed by atoms with Gasteiger partial charge in [0, 0.05) is 80.7 Å². The van der Waals surface area contributed by atoms with Crippen molar-refractivity contribution in [2.45, 2.75) is 130 Å². The number of piperidine rings is 1. The quantitative estimate of drug-likeness (QED) is 0.113. The zero-order valence-corrected chi connectivity index (χ0v) is 41.8. The molecule has 17 heteroatoms. The lowest BCUT2D eigenvalue weighted by Crippen LogP contribution is -2.49. The molecule has 6 N–H and O–H groups in total. The number of likely N-dealkylation sites (N-methyl/N-ethyl adjacent to an activating group) is 1. The van der Waals surface area contributed by atoms with Crippen LogP contribution < -0.4 is 20.8 Å². The van der Waals surface area contributed by atoms with Crippen molar-refractivity contribution in [1.29, 1.82) is 0 Å². The number of rotatable bonds is 9. The number of carbonyl (C=O) groups excluding carboxylic acids is 3. The summed E-state index contributed by atoms with van der Waals surface area (Å²) in [5, 5.41) is 61.9. The van der Waals surface area contributed by atoms with Crippen LogP contribution in [0.2, 0.25) is 0 Å². The highest BCUT2D eigenvalue weighted by Crippen LogP contribution is 2.50. The third kappa shape index (κ3) is 10.8. The molecule has 5 aliphatic heterocycles. The molecule has 5 bridgehead atoms. The normalized spacial score (nSPS) is 29.9. The van der Waals surface area contributed by atoms with E-state index in [0.29, 0.717) is 38.4 Å². The summed E-state index contributed by atoms with van der Waals surface area (Å²) in [7, 11) is 3.69. The maximum atomic E-state index is 14.8. The van der Waals surface area contributed by atoms with E-state index < -0.39 is 82.6 Å². The van der Waals surface area contributed by atoms with Crippen LogP contribution in [0.3, 0.4) is 0 Å². The number of aromatic hydroxyl groups is 2. The monoisotopic (exact) mass is 948 g/mol. The highest BCUT2D eigenvalue weighted by Gasteiger charge is 2.50. The fraction of sp³-hybridized carbons (Fsp3) is 0.627. The first kappa shape index (κ1) is 52.5. The number of ketones is 1. The Morgan fingerprint density at radius 3 is 2.34 bits per heavy atom. The number of hydrogen-bond acceptors (Lipinski definition) is 16. The number of nitrogens with zero attached hydrogens (tertiary/aromatic N) is 4. The van der Waals surface area contributed by atoms with E-state index in [4.69, 9.17) is 28.9 Å². The van der Waals surface area contributed by atoms with E-state index in [1.165, 1.54) is 27.0 Å². The van der Waals surface area contributed by atoms with Gasteiger partial charge in [0.05, 0.1) is 40.9 Å². The summed E-state index contributed by atoms with van der Waals surface area (Å²) in [5.74, 6) is -8.95. The van der Waals surface area contributed by atoms with Crippen LogP contribution in [0.1, 0.15) is 104 Å². The minimum atomic E-state index is -2.04. The average Bonchev–Trinajstić information content (AvgIpc) is 3.77. The number of amides is 1. The molecule has 7 rings (SSSR count). The summed E-state index contributed by atoms with van der Waals surface area (Å²) < 4.78 is 24.2. The number of aliphatic hydroxyl groups excluding tert-OH is 2. The molecule has 1 amide bonds. The molecule has 2 aromatic rings. The summed E-state index contributed by atoms with van der Waals surface area (Å²) >= 11 is 0. The minimum absolute atomic E-state index is 0.0390. The molecule has 17 nitrogen and oxygen atoms in total. The first-order valence-corrected chi connectivity index (χ1v) is 23.9. The number of fused-ring (bicyclic) bond motifs is 13. The molecular weight excluding hydrogens is 875 g/mol. The Morgan fingerprint density at radius 2 is 1.69 bits per heavy atom. The van der Waals surface area contributed by atoms with Crippen molar-refractivity contribution in [2.75, 3.05) is 52.2 Å². The Bertz CT molecular complexity index is 2470. The number of esters is 1. The maximum absolute atomic E-state index is 14.8. The fourth-order valence-corrected chi connectivity index (χ4v) is 9.34. The van der Waals surface area contributed by atoms with E-state index in [1.54, 1.807) is 52.0 Å². The Labute approximate surface area is 399 Å². The second kappa shape index (κ2) is 20.6. The van der Waals surface area contributed by atoms with Gasteiger partial charge >= 0.3 is 11.8 Å². The smallest absolute Gasteiger partial charge is 0.314 e. The first-order chi connectivity index (χ1) is 31.8. The van der Waals surface area contributed by atoms with Gasteiger partial charge in [-0.05, 0) is 66.1 Å². The number of benzene rings is 2. The zero-order chi connectivity index (χ0) is 50.2. The van der Waals surface area contributed by atoms with Gasteiger partial charge in [-0.3, -0.25) is 24.4 Å². The predicted octanol–water partition coefficient (Wildman–Crippen LogP) is 4.78. The number of carbonyl (C=O) groups is 3. The van der Waals surface area contributed by atoms with Crippen LogP contribution in [0.5, 0.6) is 17.2 Å². The number of phenolic OH excluding ortho intramolecular Hbond substituents is 2. The molecule has 1 saturated heterocycles. The van der Waals surface area contributed by atoms with E-state index in [2.05, 4.69) is 24.1 Å². The standard InChI is InChI=1S/C51H73N5O12/c1-27(2)26-56-20-18-51(19-21-56)53-39-36-37-42(59)32(7)45-38(36)46(61)50(10,68-45)66-23-14-17-29(4)44(67-49(9,64)33(8)48(63)65-24-22-55(11)12)31(6)35(58)25-34(57)28(3)15-13-16-30(5)47(62)52-41(43(37)60)40(39)54-51/h13-16,23,27-29,31,33-35,44,57-60,64H,17-22,24-26H2,1-12H3,(H,52,62)/b15-13+,23-14+,30-16-/t28-,29+,31+,33?,34+,35?,44+,49?,50?/m0/s1. The molecule has 1 fully saturated rings. The third-order valence-corrected chi connectivity index (χ3v) is 14.0. The fourth-order valence-electron chi connectivity index (χ4n) is 9.34. The van der Waals surface area contributed by atoms with Gasteiger partial charge in [0.15, 0.2) is 17.2 Å². The van der Waals surface area contributed by atoms with Crippen molar-refractivity contribution in [3.8, 4) is 17.2 Å². The Hall–Kier alpha value is -4.91. The minimum Gasteiger partial charge on any atom is -0.507 e. The number of aliphatic hydroxyl groups is 3. The van der Waals surface area contributed by atoms with E-state index in [-0.39, 0.29) is 74.8 Å². The SMILES string of the molecule is C/C1=C/C=C/[C@H](C)[C@H](O)CC(O)[C@@H](C)[C@H](OC(C)(O)C(C)C(=O)OCCN(C)C)[C@H](C)C/C=C/OC2(C)Oc3c(C)c(O)c4c(O)c(c5c(c4c3C2=O)=NC2(CCN(CC(C)C)CC2)N=5)NC1=O. The van der Waals surface area contributed by atoms with Crippen LogP contribution in [0.15, 0.2) is 46.1 Å². The summed E-state index contributed by atoms with van der Waals surface area (Å²) in [4.78, 5) is 56.4. The number of ether oxygens (including phenoxy) is 4. The zero-order valence-electron chi connectivity index (χ0n) is 41.8. The van der Waals surface area contributed by atoms with Crippen molar-refractivity contribution >= 4 is 34.1 Å². The molecule has 374 valence electrons. The number of hydrogen-bond donors (Lipinski definition) is 6. The van der Waals surface area contributed by atoms with Gasteiger partial charge in [-0.15, -0.1) is 0 Å². The Kier molecular flexibility index (Phi) is 15.9. The van der Waals surface area contributed by atoms with Gasteiger partial charge in [-0.25, -0.2) is 0 Å². The van der Waals surface area contributed by atoms with Gasteiger partial charge in [0.2, 0.25) is 0 Å². The van der Waals surface area contributed by atoms with Crippen LogP contribution in [0, 0.1) is 36.5 Å². The molecule has 0 saturated carbocycles. The number of nitrogens with one attached hydrogen (secondary N) is 1. The molecule has 4 unspecified atom stereocenters. The molecule has 68 heavy (non-hydrogen) atoms.